The molecule has 1 unspecified atom stereocenters. The van der Waals surface area contributed by atoms with Gasteiger partial charge in [0.25, 0.3) is 0 Å². The van der Waals surface area contributed by atoms with Gasteiger partial charge in [0, 0.05) is 24.7 Å². The molecule has 1 atom stereocenters. The molecule has 1 aromatic rings. The smallest absolute Gasteiger partial charge is 0.0688 e. The minimum atomic E-state index is 0.238. The molecule has 2 N–H and O–H groups in total. The maximum Gasteiger partial charge on any atom is 0.0688 e. The molecule has 1 aliphatic carbocycles. The number of rotatable bonds is 4. The number of hydrogen-bond donors (Lipinski definition) is 1. The van der Waals surface area contributed by atoms with Crippen LogP contribution < -0.4 is 5.73 Å². The van der Waals surface area contributed by atoms with Crippen LogP contribution in [0, 0.1) is 0 Å². The minimum Gasteiger partial charge on any atom is -0.328 e. The van der Waals surface area contributed by atoms with Gasteiger partial charge in [-0.2, -0.15) is 5.10 Å². The molecule has 1 fully saturated rings. The summed E-state index contributed by atoms with van der Waals surface area (Å²) in [6.45, 7) is 5.14. The fourth-order valence-corrected chi connectivity index (χ4v) is 1.84. The second-order valence-electron chi connectivity index (χ2n) is 4.35. The number of nitrogens with two attached hydrogens (primary N) is 1. The lowest BCUT2D eigenvalue weighted by molar-refractivity contribution is 0.647. The molecule has 14 heavy (non-hydrogen) atoms. The molecule has 0 bridgehead atoms. The highest BCUT2D eigenvalue weighted by Gasteiger charge is 2.29. The Bertz CT molecular complexity index is 310. The van der Waals surface area contributed by atoms with Crippen molar-refractivity contribution in [1.82, 2.24) is 9.78 Å². The van der Waals surface area contributed by atoms with Crippen LogP contribution in [0.15, 0.2) is 6.20 Å². The van der Waals surface area contributed by atoms with Gasteiger partial charge >= 0.3 is 0 Å². The summed E-state index contributed by atoms with van der Waals surface area (Å²) >= 11 is 0. The molecule has 78 valence electrons. The van der Waals surface area contributed by atoms with Crippen molar-refractivity contribution in [2.24, 2.45) is 5.73 Å². The van der Waals surface area contributed by atoms with Crippen LogP contribution in [0.1, 0.15) is 43.9 Å². The topological polar surface area (TPSA) is 43.8 Å². The summed E-state index contributed by atoms with van der Waals surface area (Å²) < 4.78 is 2.03. The summed E-state index contributed by atoms with van der Waals surface area (Å²) in [7, 11) is 0. The Morgan fingerprint density at radius 1 is 1.64 bits per heavy atom. The average molecular weight is 193 g/mol. The van der Waals surface area contributed by atoms with Gasteiger partial charge in [-0.3, -0.25) is 4.68 Å². The molecule has 2 rings (SSSR count). The molecule has 1 heterocycles. The molecule has 3 nitrogen and oxygen atoms in total. The van der Waals surface area contributed by atoms with Crippen molar-refractivity contribution in [3.8, 4) is 0 Å². The summed E-state index contributed by atoms with van der Waals surface area (Å²) in [4.78, 5) is 0. The fraction of sp³-hybridized carbons (Fsp3) is 0.727. The normalized spacial score (nSPS) is 18.5. The van der Waals surface area contributed by atoms with E-state index in [9.17, 15) is 0 Å². The van der Waals surface area contributed by atoms with Gasteiger partial charge in [0.05, 0.1) is 5.69 Å². The molecule has 1 aromatic heterocycles. The van der Waals surface area contributed by atoms with Crippen LogP contribution in [-0.2, 0) is 13.0 Å². The number of nitrogens with zero attached hydrogens (tertiary/aromatic N) is 2. The van der Waals surface area contributed by atoms with Gasteiger partial charge < -0.3 is 5.73 Å². The van der Waals surface area contributed by atoms with Crippen LogP contribution in [0.25, 0.3) is 0 Å². The Hall–Kier alpha value is -0.830. The van der Waals surface area contributed by atoms with Gasteiger partial charge in [0.15, 0.2) is 0 Å². The summed E-state index contributed by atoms with van der Waals surface area (Å²) in [6.07, 6.45) is 5.75. The second kappa shape index (κ2) is 3.73. The summed E-state index contributed by atoms with van der Waals surface area (Å²) in [5.74, 6) is 0.733. The molecule has 0 aliphatic heterocycles. The predicted molar refractivity (Wildman–Crippen MR) is 57.2 cm³/mol. The lowest BCUT2D eigenvalue weighted by Gasteiger charge is -2.03. The third-order valence-electron chi connectivity index (χ3n) is 2.70. The van der Waals surface area contributed by atoms with E-state index >= 15 is 0 Å². The van der Waals surface area contributed by atoms with Gasteiger partial charge in [0.2, 0.25) is 0 Å². The van der Waals surface area contributed by atoms with E-state index < -0.39 is 0 Å². The van der Waals surface area contributed by atoms with Crippen LogP contribution in [0.2, 0.25) is 0 Å². The van der Waals surface area contributed by atoms with Gasteiger partial charge in [-0.05, 0) is 38.7 Å². The Kier molecular flexibility index (Phi) is 2.59. The molecule has 0 amide bonds. The largest absolute Gasteiger partial charge is 0.328 e. The van der Waals surface area contributed by atoms with Crippen molar-refractivity contribution in [3.63, 3.8) is 0 Å². The third-order valence-corrected chi connectivity index (χ3v) is 2.70. The summed E-state index contributed by atoms with van der Waals surface area (Å²) in [5.41, 5.74) is 8.50. The Labute approximate surface area is 85.3 Å². The molecule has 3 heteroatoms. The molecule has 0 radical (unpaired) electrons. The van der Waals surface area contributed by atoms with Crippen molar-refractivity contribution in [2.45, 2.75) is 51.6 Å². The van der Waals surface area contributed by atoms with E-state index in [0.29, 0.717) is 0 Å². The van der Waals surface area contributed by atoms with Crippen LogP contribution in [0.3, 0.4) is 0 Å². The van der Waals surface area contributed by atoms with Crippen molar-refractivity contribution < 1.29 is 0 Å². The van der Waals surface area contributed by atoms with Crippen LogP contribution in [0.4, 0.5) is 0 Å². The third kappa shape index (κ3) is 1.98. The van der Waals surface area contributed by atoms with E-state index in [-0.39, 0.29) is 6.04 Å². The Morgan fingerprint density at radius 2 is 2.36 bits per heavy atom. The van der Waals surface area contributed by atoms with E-state index in [1.165, 1.54) is 24.1 Å². The lowest BCUT2D eigenvalue weighted by Crippen LogP contribution is -2.18. The molecule has 1 saturated carbocycles. The molecule has 0 spiro atoms. The Morgan fingerprint density at radius 3 is 2.86 bits per heavy atom. The molecule has 1 aliphatic rings. The van der Waals surface area contributed by atoms with Crippen molar-refractivity contribution in [3.05, 3.63) is 17.5 Å². The van der Waals surface area contributed by atoms with Crippen LogP contribution >= 0.6 is 0 Å². The van der Waals surface area contributed by atoms with E-state index in [1.807, 2.05) is 4.68 Å². The van der Waals surface area contributed by atoms with Gasteiger partial charge in [-0.15, -0.1) is 0 Å². The van der Waals surface area contributed by atoms with E-state index in [4.69, 9.17) is 5.73 Å². The van der Waals surface area contributed by atoms with E-state index in [0.717, 1.165) is 18.9 Å². The van der Waals surface area contributed by atoms with Crippen molar-refractivity contribution in [2.75, 3.05) is 0 Å². The van der Waals surface area contributed by atoms with Crippen molar-refractivity contribution in [1.29, 1.82) is 0 Å². The van der Waals surface area contributed by atoms with Gasteiger partial charge in [-0.1, -0.05) is 0 Å². The molecular formula is C11H19N3. The van der Waals surface area contributed by atoms with Crippen LogP contribution in [0.5, 0.6) is 0 Å². The van der Waals surface area contributed by atoms with Gasteiger partial charge in [-0.25, -0.2) is 0 Å². The second-order valence-corrected chi connectivity index (χ2v) is 4.35. The summed E-state index contributed by atoms with van der Waals surface area (Å²) in [5, 5.41) is 4.60. The maximum atomic E-state index is 5.83. The van der Waals surface area contributed by atoms with Crippen LogP contribution in [-0.4, -0.2) is 15.8 Å². The molecule has 0 aromatic carbocycles. The highest BCUT2D eigenvalue weighted by molar-refractivity contribution is 5.25. The zero-order valence-corrected chi connectivity index (χ0v) is 9.03. The molecule has 0 saturated heterocycles. The Balaban J connectivity index is 2.21. The first-order valence-electron chi connectivity index (χ1n) is 5.52. The zero-order valence-electron chi connectivity index (χ0n) is 9.03. The zero-order chi connectivity index (χ0) is 10.1. The molecular weight excluding hydrogens is 174 g/mol. The van der Waals surface area contributed by atoms with E-state index in [1.54, 1.807) is 0 Å². The predicted octanol–water partition coefficient (Wildman–Crippen LogP) is 1.67. The first-order valence-corrected chi connectivity index (χ1v) is 5.52. The first-order chi connectivity index (χ1) is 6.70. The minimum absolute atomic E-state index is 0.238. The standard InChI is InChI=1S/C11H19N3/c1-3-14-7-10(6-8(2)12)11(13-14)9-4-5-9/h7-9H,3-6,12H2,1-2H3. The summed E-state index contributed by atoms with van der Waals surface area (Å²) in [6, 6.07) is 0.238. The maximum absolute atomic E-state index is 5.83. The van der Waals surface area contributed by atoms with E-state index in [2.05, 4.69) is 25.1 Å². The fourth-order valence-electron chi connectivity index (χ4n) is 1.84. The van der Waals surface area contributed by atoms with Crippen molar-refractivity contribution >= 4 is 0 Å². The number of aromatic nitrogens is 2. The first kappa shape index (κ1) is 9.71. The number of hydrogen-bond acceptors (Lipinski definition) is 2. The highest BCUT2D eigenvalue weighted by atomic mass is 15.3. The lowest BCUT2D eigenvalue weighted by atomic mass is 10.1. The SMILES string of the molecule is CCn1cc(CC(C)N)c(C2CC2)n1. The van der Waals surface area contributed by atoms with Gasteiger partial charge in [0.1, 0.15) is 0 Å². The quantitative estimate of drug-likeness (QED) is 0.790. The monoisotopic (exact) mass is 193 g/mol. The number of aryl methyl sites for hydroxylation is 1. The highest BCUT2D eigenvalue weighted by Crippen LogP contribution is 2.40. The average Bonchev–Trinajstić information content (AvgIpc) is 2.88.